The maximum atomic E-state index is 5.85. The summed E-state index contributed by atoms with van der Waals surface area (Å²) in [6, 6.07) is 14.8. The van der Waals surface area contributed by atoms with Crippen LogP contribution in [0.25, 0.3) is 0 Å². The molecule has 0 bridgehead atoms. The number of aryl methyl sites for hydroxylation is 2. The van der Waals surface area contributed by atoms with Gasteiger partial charge >= 0.3 is 0 Å². The van der Waals surface area contributed by atoms with Gasteiger partial charge in [-0.1, -0.05) is 42.0 Å². The van der Waals surface area contributed by atoms with Gasteiger partial charge < -0.3 is 20.1 Å². The molecule has 0 aromatic heterocycles. The summed E-state index contributed by atoms with van der Waals surface area (Å²) in [5, 5.41) is 6.73. The molecule has 0 aliphatic heterocycles. The molecule has 0 saturated heterocycles. The Morgan fingerprint density at radius 3 is 2.56 bits per heavy atom. The summed E-state index contributed by atoms with van der Waals surface area (Å²) in [4.78, 5) is 4.31. The van der Waals surface area contributed by atoms with Crippen LogP contribution in [0.3, 0.4) is 0 Å². The minimum atomic E-state index is 0.538. The summed E-state index contributed by atoms with van der Waals surface area (Å²) in [6.07, 6.45) is 0.957. The summed E-state index contributed by atoms with van der Waals surface area (Å²) < 4.78 is 10.9. The van der Waals surface area contributed by atoms with E-state index in [1.807, 2.05) is 0 Å². The van der Waals surface area contributed by atoms with E-state index in [2.05, 4.69) is 71.9 Å². The summed E-state index contributed by atoms with van der Waals surface area (Å²) in [5.74, 6) is 1.67. The molecule has 2 aromatic rings. The molecule has 0 spiro atoms. The third-order valence-electron chi connectivity index (χ3n) is 4.23. The van der Waals surface area contributed by atoms with Gasteiger partial charge in [0, 0.05) is 32.8 Å². The zero-order valence-electron chi connectivity index (χ0n) is 16.8. The number of rotatable bonds is 9. The number of nitrogens with one attached hydrogen (secondary N) is 2. The zero-order valence-corrected chi connectivity index (χ0v) is 16.8. The van der Waals surface area contributed by atoms with Crippen LogP contribution in [-0.4, -0.2) is 39.9 Å². The first kappa shape index (κ1) is 20.8. The number of nitrogens with zero attached hydrogens (tertiary/aromatic N) is 1. The Hall–Kier alpha value is -2.53. The lowest BCUT2D eigenvalue weighted by Gasteiger charge is -2.15. The highest BCUT2D eigenvalue weighted by Gasteiger charge is 2.06. The molecule has 0 fully saturated rings. The van der Waals surface area contributed by atoms with Crippen LogP contribution in [0.15, 0.2) is 47.5 Å². The highest BCUT2D eigenvalue weighted by atomic mass is 16.5. The summed E-state index contributed by atoms with van der Waals surface area (Å²) in [5.41, 5.74) is 4.88. The first-order valence-electron chi connectivity index (χ1n) is 9.33. The van der Waals surface area contributed by atoms with Gasteiger partial charge in [0.05, 0.1) is 6.61 Å². The third kappa shape index (κ3) is 7.31. The maximum absolute atomic E-state index is 5.85. The molecule has 27 heavy (non-hydrogen) atoms. The third-order valence-corrected chi connectivity index (χ3v) is 4.23. The highest BCUT2D eigenvalue weighted by molar-refractivity contribution is 5.79. The summed E-state index contributed by atoms with van der Waals surface area (Å²) >= 11 is 0. The second-order valence-electron chi connectivity index (χ2n) is 6.54. The molecule has 0 unspecified atom stereocenters. The molecule has 0 saturated carbocycles. The predicted molar refractivity (Wildman–Crippen MR) is 112 cm³/mol. The van der Waals surface area contributed by atoms with E-state index in [0.29, 0.717) is 19.8 Å². The van der Waals surface area contributed by atoms with E-state index in [4.69, 9.17) is 9.47 Å². The molecule has 2 N–H and O–H groups in total. The Balaban J connectivity index is 1.86. The predicted octanol–water partition coefficient (Wildman–Crippen LogP) is 3.24. The van der Waals surface area contributed by atoms with Crippen molar-refractivity contribution >= 4 is 5.96 Å². The van der Waals surface area contributed by atoms with Gasteiger partial charge in [0.25, 0.3) is 0 Å². The van der Waals surface area contributed by atoms with Crippen molar-refractivity contribution in [3.63, 3.8) is 0 Å². The molecular formula is C22H31N3O2. The van der Waals surface area contributed by atoms with Gasteiger partial charge in [-0.05, 0) is 37.5 Å². The van der Waals surface area contributed by atoms with Crippen molar-refractivity contribution in [1.29, 1.82) is 0 Å². The van der Waals surface area contributed by atoms with E-state index in [-0.39, 0.29) is 0 Å². The number of hydrogen-bond donors (Lipinski definition) is 2. The van der Waals surface area contributed by atoms with Crippen LogP contribution in [-0.2, 0) is 17.7 Å². The summed E-state index contributed by atoms with van der Waals surface area (Å²) in [7, 11) is 3.46. The molecule has 0 aliphatic rings. The van der Waals surface area contributed by atoms with Crippen LogP contribution in [0, 0.1) is 13.8 Å². The van der Waals surface area contributed by atoms with E-state index < -0.39 is 0 Å². The Bertz CT molecular complexity index is 744. The molecule has 0 aliphatic carbocycles. The van der Waals surface area contributed by atoms with Gasteiger partial charge in [-0.3, -0.25) is 4.99 Å². The highest BCUT2D eigenvalue weighted by Crippen LogP contribution is 2.20. The van der Waals surface area contributed by atoms with E-state index in [0.717, 1.165) is 30.2 Å². The van der Waals surface area contributed by atoms with Gasteiger partial charge in [-0.2, -0.15) is 0 Å². The molecule has 146 valence electrons. The Kier molecular flexibility index (Phi) is 8.65. The van der Waals surface area contributed by atoms with Gasteiger partial charge in [-0.25, -0.2) is 0 Å². The van der Waals surface area contributed by atoms with Crippen molar-refractivity contribution in [1.82, 2.24) is 10.6 Å². The first-order chi connectivity index (χ1) is 13.1. The lowest BCUT2D eigenvalue weighted by Crippen LogP contribution is -2.38. The van der Waals surface area contributed by atoms with Crippen LogP contribution >= 0.6 is 0 Å². The molecular weight excluding hydrogens is 338 g/mol. The van der Waals surface area contributed by atoms with E-state index in [1.165, 1.54) is 16.7 Å². The second-order valence-corrected chi connectivity index (χ2v) is 6.54. The largest absolute Gasteiger partial charge is 0.491 e. The number of aliphatic imine (C=N–C) groups is 1. The average molecular weight is 370 g/mol. The quantitative estimate of drug-likeness (QED) is 0.405. The van der Waals surface area contributed by atoms with E-state index >= 15 is 0 Å². The fourth-order valence-corrected chi connectivity index (χ4v) is 2.77. The van der Waals surface area contributed by atoms with Crippen molar-refractivity contribution < 1.29 is 9.47 Å². The van der Waals surface area contributed by atoms with Crippen LogP contribution in [0.1, 0.15) is 22.3 Å². The van der Waals surface area contributed by atoms with Crippen molar-refractivity contribution in [3.8, 4) is 5.75 Å². The topological polar surface area (TPSA) is 54.9 Å². The fraction of sp³-hybridized carbons (Fsp3) is 0.409. The van der Waals surface area contributed by atoms with Gasteiger partial charge in [-0.15, -0.1) is 0 Å². The maximum Gasteiger partial charge on any atom is 0.191 e. The monoisotopic (exact) mass is 369 g/mol. The van der Waals surface area contributed by atoms with Crippen molar-refractivity contribution in [2.45, 2.75) is 26.8 Å². The normalized spacial score (nSPS) is 11.3. The molecule has 5 heteroatoms. The molecule has 2 rings (SSSR count). The standard InChI is InChI=1S/C22H31N3O2/c1-17-6-5-7-19(14-17)10-11-24-22(23-3)25-16-20-9-8-18(2)15-21(20)27-13-12-26-4/h5-9,14-15H,10-13,16H2,1-4H3,(H2,23,24,25). The number of ether oxygens (including phenoxy) is 2. The zero-order chi connectivity index (χ0) is 19.5. The van der Waals surface area contributed by atoms with Crippen LogP contribution in [0.5, 0.6) is 5.75 Å². The number of benzene rings is 2. The molecule has 5 nitrogen and oxygen atoms in total. The Morgan fingerprint density at radius 1 is 1.00 bits per heavy atom. The molecule has 0 heterocycles. The summed E-state index contributed by atoms with van der Waals surface area (Å²) in [6.45, 7) is 6.76. The van der Waals surface area contributed by atoms with Crippen molar-refractivity contribution in [2.24, 2.45) is 4.99 Å². The van der Waals surface area contributed by atoms with Crippen molar-refractivity contribution in [2.75, 3.05) is 33.9 Å². The smallest absolute Gasteiger partial charge is 0.191 e. The fourth-order valence-electron chi connectivity index (χ4n) is 2.77. The Morgan fingerprint density at radius 2 is 1.81 bits per heavy atom. The average Bonchev–Trinajstić information content (AvgIpc) is 2.66. The lowest BCUT2D eigenvalue weighted by atomic mass is 10.1. The minimum Gasteiger partial charge on any atom is -0.491 e. The van der Waals surface area contributed by atoms with Crippen molar-refractivity contribution in [3.05, 3.63) is 64.7 Å². The number of guanidine groups is 1. The number of methoxy groups -OCH3 is 1. The van der Waals surface area contributed by atoms with Crippen LogP contribution < -0.4 is 15.4 Å². The Labute approximate surface area is 162 Å². The first-order valence-corrected chi connectivity index (χ1v) is 9.33. The van der Waals surface area contributed by atoms with Gasteiger partial charge in [0.2, 0.25) is 0 Å². The molecule has 0 atom stereocenters. The SMILES string of the molecule is CN=C(NCCc1cccc(C)c1)NCc1ccc(C)cc1OCCOC. The minimum absolute atomic E-state index is 0.538. The van der Waals surface area contributed by atoms with Gasteiger partial charge in [0.1, 0.15) is 12.4 Å². The molecule has 0 amide bonds. The van der Waals surface area contributed by atoms with E-state index in [9.17, 15) is 0 Å². The van der Waals surface area contributed by atoms with Crippen LogP contribution in [0.2, 0.25) is 0 Å². The molecule has 0 radical (unpaired) electrons. The number of hydrogen-bond acceptors (Lipinski definition) is 3. The van der Waals surface area contributed by atoms with E-state index in [1.54, 1.807) is 14.2 Å². The lowest BCUT2D eigenvalue weighted by molar-refractivity contribution is 0.145. The second kappa shape index (κ2) is 11.2. The van der Waals surface area contributed by atoms with Gasteiger partial charge in [0.15, 0.2) is 5.96 Å². The molecule has 2 aromatic carbocycles. The van der Waals surface area contributed by atoms with Crippen LogP contribution in [0.4, 0.5) is 0 Å².